The van der Waals surface area contributed by atoms with E-state index in [0.717, 1.165) is 6.42 Å². The van der Waals surface area contributed by atoms with Crippen molar-refractivity contribution in [3.63, 3.8) is 0 Å². The molecule has 0 saturated carbocycles. The van der Waals surface area contributed by atoms with Crippen LogP contribution >= 0.6 is 24.8 Å². The van der Waals surface area contributed by atoms with Crippen molar-refractivity contribution >= 4 is 24.8 Å². The molecule has 0 heterocycles. The Labute approximate surface area is 124 Å². The largest absolute Gasteiger partial charge is 0.273 e. The third kappa shape index (κ3) is 12.1. The van der Waals surface area contributed by atoms with Gasteiger partial charge in [0, 0.05) is 26.2 Å². The van der Waals surface area contributed by atoms with Crippen LogP contribution in [0.1, 0.15) is 12.0 Å². The van der Waals surface area contributed by atoms with Crippen LogP contribution in [0.4, 0.5) is 0 Å². The topological polar surface area (TPSA) is 0 Å². The third-order valence-corrected chi connectivity index (χ3v) is 1.53. The maximum Gasteiger partial charge on any atom is 0 e. The molecule has 0 spiro atoms. The summed E-state index contributed by atoms with van der Waals surface area (Å²) in [6.07, 6.45) is 10.0. The Kier molecular flexibility index (Phi) is 19.4. The summed E-state index contributed by atoms with van der Waals surface area (Å²) in [5, 5.41) is 0. The summed E-state index contributed by atoms with van der Waals surface area (Å²) < 4.78 is 0. The van der Waals surface area contributed by atoms with Crippen molar-refractivity contribution in [1.29, 1.82) is 0 Å². The number of rotatable bonds is 0. The summed E-state index contributed by atoms with van der Waals surface area (Å²) in [7, 11) is 0. The standard InChI is InChI=1S/C7H8.C5H5.2ClH.Zr/c1-7-5-3-2-4-6-7;1-2-4-5-3-1;;;/h2-6H,1H3;1-3H,4H2;2*1H;/q;-1;;;. The molecule has 0 unspecified atom stereocenters. The molecule has 82 valence electrons. The Morgan fingerprint density at radius 1 is 1.07 bits per heavy atom. The Morgan fingerprint density at radius 3 is 1.87 bits per heavy atom. The van der Waals surface area contributed by atoms with Crippen LogP contribution in [0.15, 0.2) is 48.6 Å². The van der Waals surface area contributed by atoms with E-state index in [9.17, 15) is 0 Å². The SMILES string of the molecule is Cc1ccccc1.Cl.Cl.[C-]1=CC=CC1.[Zr]. The number of hydrogen-bond acceptors (Lipinski definition) is 0. The second-order valence-corrected chi connectivity index (χ2v) is 2.66. The van der Waals surface area contributed by atoms with Crippen molar-refractivity contribution in [2.24, 2.45) is 0 Å². The van der Waals surface area contributed by atoms with E-state index >= 15 is 0 Å². The van der Waals surface area contributed by atoms with Gasteiger partial charge in [0.15, 0.2) is 0 Å². The Balaban J connectivity index is -0.000000165. The van der Waals surface area contributed by atoms with Crippen molar-refractivity contribution in [2.75, 3.05) is 0 Å². The minimum atomic E-state index is 0. The molecule has 0 saturated heterocycles. The summed E-state index contributed by atoms with van der Waals surface area (Å²) in [5.41, 5.74) is 1.32. The predicted molar refractivity (Wildman–Crippen MR) is 67.2 cm³/mol. The molecule has 0 radical (unpaired) electrons. The van der Waals surface area contributed by atoms with Gasteiger partial charge in [-0.1, -0.05) is 35.9 Å². The van der Waals surface area contributed by atoms with Crippen LogP contribution in [0.25, 0.3) is 0 Å². The predicted octanol–water partition coefficient (Wildman–Crippen LogP) is 4.14. The summed E-state index contributed by atoms with van der Waals surface area (Å²) in [5.74, 6) is 0. The Bertz CT molecular complexity index is 258. The summed E-state index contributed by atoms with van der Waals surface area (Å²) >= 11 is 0. The van der Waals surface area contributed by atoms with Gasteiger partial charge < -0.3 is 0 Å². The first kappa shape index (κ1) is 20.6. The molecule has 1 aromatic rings. The molecule has 0 aromatic heterocycles. The molecule has 2 rings (SSSR count). The van der Waals surface area contributed by atoms with Gasteiger partial charge in [-0.05, 0) is 6.92 Å². The zero-order valence-electron chi connectivity index (χ0n) is 8.64. The van der Waals surface area contributed by atoms with Gasteiger partial charge >= 0.3 is 0 Å². The fourth-order valence-electron chi connectivity index (χ4n) is 0.875. The summed E-state index contributed by atoms with van der Waals surface area (Å²) in [6, 6.07) is 10.3. The second-order valence-electron chi connectivity index (χ2n) is 2.66. The van der Waals surface area contributed by atoms with Crippen molar-refractivity contribution in [3.05, 3.63) is 60.2 Å². The van der Waals surface area contributed by atoms with Crippen molar-refractivity contribution < 1.29 is 26.2 Å². The molecule has 0 atom stereocenters. The minimum absolute atomic E-state index is 0. The van der Waals surface area contributed by atoms with E-state index < -0.39 is 0 Å². The van der Waals surface area contributed by atoms with E-state index in [-0.39, 0.29) is 51.0 Å². The van der Waals surface area contributed by atoms with Gasteiger partial charge in [-0.3, -0.25) is 6.08 Å². The quantitative estimate of drug-likeness (QED) is 0.630. The zero-order chi connectivity index (χ0) is 8.65. The van der Waals surface area contributed by atoms with Gasteiger partial charge in [-0.25, -0.2) is 12.2 Å². The first-order chi connectivity index (χ1) is 5.89. The van der Waals surface area contributed by atoms with Crippen LogP contribution < -0.4 is 0 Å². The van der Waals surface area contributed by atoms with Gasteiger partial charge in [-0.15, -0.1) is 31.2 Å². The van der Waals surface area contributed by atoms with Crippen LogP contribution in [-0.4, -0.2) is 0 Å². The van der Waals surface area contributed by atoms with Crippen LogP contribution in [0.5, 0.6) is 0 Å². The molecule has 1 aromatic carbocycles. The van der Waals surface area contributed by atoms with Crippen LogP contribution in [0, 0.1) is 13.0 Å². The number of benzene rings is 1. The number of halogens is 2. The van der Waals surface area contributed by atoms with E-state index in [4.69, 9.17) is 0 Å². The summed E-state index contributed by atoms with van der Waals surface area (Å²) in [6.45, 7) is 2.08. The first-order valence-corrected chi connectivity index (χ1v) is 4.13. The van der Waals surface area contributed by atoms with Crippen molar-refractivity contribution in [2.45, 2.75) is 13.3 Å². The van der Waals surface area contributed by atoms with Gasteiger partial charge in [0.1, 0.15) is 0 Å². The molecule has 0 bridgehead atoms. The van der Waals surface area contributed by atoms with Gasteiger partial charge in [0.2, 0.25) is 0 Å². The van der Waals surface area contributed by atoms with Crippen molar-refractivity contribution in [3.8, 4) is 0 Å². The Morgan fingerprint density at radius 2 is 1.67 bits per heavy atom. The maximum absolute atomic E-state index is 2.99. The molecule has 1 aliphatic rings. The maximum atomic E-state index is 2.99. The molecule has 0 aliphatic heterocycles. The molecule has 0 N–H and O–H groups in total. The number of aryl methyl sites for hydroxylation is 1. The molecule has 0 fully saturated rings. The molecular weight excluding hydrogens is 306 g/mol. The third-order valence-electron chi connectivity index (χ3n) is 1.53. The van der Waals surface area contributed by atoms with E-state index in [2.05, 4.69) is 31.2 Å². The van der Waals surface area contributed by atoms with E-state index in [1.165, 1.54) is 5.56 Å². The molecule has 1 aliphatic carbocycles. The summed E-state index contributed by atoms with van der Waals surface area (Å²) in [4.78, 5) is 0. The van der Waals surface area contributed by atoms with Crippen molar-refractivity contribution in [1.82, 2.24) is 0 Å². The minimum Gasteiger partial charge on any atom is -0.273 e. The zero-order valence-corrected chi connectivity index (χ0v) is 12.7. The van der Waals surface area contributed by atoms with Crippen LogP contribution in [-0.2, 0) is 26.2 Å². The van der Waals surface area contributed by atoms with Gasteiger partial charge in [0.05, 0.1) is 0 Å². The average Bonchev–Trinajstić information content (AvgIpc) is 2.62. The fraction of sp³-hybridized carbons (Fsp3) is 0.167. The molecular formula is C12H15Cl2Zr-. The van der Waals surface area contributed by atoms with Crippen LogP contribution in [0.2, 0.25) is 0 Å². The second kappa shape index (κ2) is 14.2. The van der Waals surface area contributed by atoms with E-state index in [1.54, 1.807) is 0 Å². The monoisotopic (exact) mass is 319 g/mol. The number of hydrogen-bond donors (Lipinski definition) is 0. The normalized spacial score (nSPS) is 9.93. The number of allylic oxidation sites excluding steroid dienone is 4. The first-order valence-electron chi connectivity index (χ1n) is 4.13. The molecule has 15 heavy (non-hydrogen) atoms. The molecule has 3 heteroatoms. The van der Waals surface area contributed by atoms with Gasteiger partial charge in [0.25, 0.3) is 0 Å². The van der Waals surface area contributed by atoms with E-state index in [0.29, 0.717) is 0 Å². The van der Waals surface area contributed by atoms with E-state index in [1.807, 2.05) is 30.4 Å². The smallest absolute Gasteiger partial charge is 0 e. The average molecular weight is 321 g/mol. The van der Waals surface area contributed by atoms with Gasteiger partial charge in [-0.2, -0.15) is 6.08 Å². The molecule has 0 nitrogen and oxygen atoms in total. The fourth-order valence-corrected chi connectivity index (χ4v) is 0.875. The van der Waals surface area contributed by atoms with Crippen LogP contribution in [0.3, 0.4) is 0 Å². The Hall–Kier alpha value is 0.163. The molecule has 0 amide bonds.